The van der Waals surface area contributed by atoms with Crippen LogP contribution in [0.15, 0.2) is 0 Å². The topological polar surface area (TPSA) is 514 Å². The Hall–Kier alpha value is -4.10. The average Bonchev–Trinajstić information content (AvgIpc) is 0.820. The Morgan fingerprint density at radius 3 is 1.28 bits per heavy atom. The van der Waals surface area contributed by atoms with Gasteiger partial charge in [0, 0.05) is 143 Å². The number of ketones is 4. The third-order valence-corrected chi connectivity index (χ3v) is 17.6. The minimum absolute atomic E-state index is 0. The van der Waals surface area contributed by atoms with Crippen LogP contribution < -0.4 is 91.0 Å². The second kappa shape index (κ2) is 59.7. The molecule has 1 aliphatic heterocycles. The summed E-state index contributed by atoms with van der Waals surface area (Å²) in [5.74, 6) is -8.15. The third kappa shape index (κ3) is 51.1. The van der Waals surface area contributed by atoms with E-state index in [1.807, 2.05) is 13.8 Å². The number of aliphatic hydroxyl groups is 3. The molecule has 105 heavy (non-hydrogen) atoms. The molecule has 0 aromatic rings. The van der Waals surface area contributed by atoms with E-state index in [2.05, 4.69) is 31.9 Å². The summed E-state index contributed by atoms with van der Waals surface area (Å²) in [6.45, 7) is 16.6. The van der Waals surface area contributed by atoms with Gasteiger partial charge >= 0.3 is 59.1 Å². The summed E-state index contributed by atoms with van der Waals surface area (Å²) in [5, 5.41) is 45.4. The molecule has 1 heterocycles. The van der Waals surface area contributed by atoms with Gasteiger partial charge in [-0.2, -0.15) is 0 Å². The molecule has 39 heteroatoms. The van der Waals surface area contributed by atoms with Gasteiger partial charge < -0.3 is 94.5 Å². The van der Waals surface area contributed by atoms with Crippen LogP contribution in [-0.4, -0.2) is 289 Å². The maximum absolute atomic E-state index is 13.3. The number of nitrogens with one attached hydrogen (secondary N) is 6. The number of methoxy groups -OCH3 is 2. The molecule has 0 aromatic heterocycles. The van der Waals surface area contributed by atoms with Crippen LogP contribution in [0.2, 0.25) is 0 Å². The Kier molecular flexibility index (Phi) is 59.8. The number of carbonyl (C=O) groups is 12. The maximum Gasteiger partial charge on any atom is 1.00 e. The molecule has 35 nitrogen and oxygen atoms in total. The summed E-state index contributed by atoms with van der Waals surface area (Å²) in [6, 6.07) is -1.77. The molecule has 1 saturated heterocycles. The van der Waals surface area contributed by atoms with Crippen molar-refractivity contribution in [1.29, 1.82) is 0 Å². The quantitative estimate of drug-likeness (QED) is 0.0155. The van der Waals surface area contributed by atoms with Crippen LogP contribution in [0, 0.1) is 23.7 Å². The molecular weight excluding hydrogens is 1450 g/mol. The molecule has 1 aliphatic rings. The molecule has 0 saturated carbocycles. The summed E-state index contributed by atoms with van der Waals surface area (Å²) >= 11 is 0. The normalized spacial score (nSPS) is 16.8. The van der Waals surface area contributed by atoms with Crippen molar-refractivity contribution in [2.24, 2.45) is 23.7 Å². The first-order valence-corrected chi connectivity index (χ1v) is 38.2. The number of amides is 8. The molecule has 8 amide bonds. The number of aliphatic hydroxyl groups excluding tert-OH is 3. The standard InChI is InChI=1S/C35H64N4O13S.C31H54N4O14S.2Na/c1-6-16-39(34(45)11-10-31(42)37-15-25-53(46,47)48)17-12-33(44)38-35(27(2)3)30(41)26-29(28(4)40)9-7-8-14-36-32(43)13-18-50-21-22-52-24-23-51-20-19-49-5;1-6-13-35(26(41)10-9-23(38)32-12-15-50(45,46)47)14-11-25(40)34-27(18(2)3)21(37)16-20(19(4)36)7-8-24(39)33-17-22-28(42)29(43)30(44)31(48-5)49-22;;/h27,29,35H,6-26H2,1-5H3,(H,36,43)(H,37,42)(H,38,44)(H,46,47,48);18,20,22,27-31,42-44H,6-17H2,1-5H3,(H,32,38)(H,33,39)(H,34,40)(H,45,46,47);;/q;;2*+1/p-2/t29-,35?;20-,22?,27?,28-,29+,30-,31-;;/m11../s1. The van der Waals surface area contributed by atoms with E-state index in [0.29, 0.717) is 91.4 Å². The van der Waals surface area contributed by atoms with Crippen molar-refractivity contribution >= 4 is 90.6 Å². The SMILES string of the molecule is CCCN(CCC(=O)NC(C(=O)C[C@@H](CCC(=O)NCC1O[C@@H](OC)[C@H](O)[C@@H](O)[C@@H]1O)C(C)=O)C(C)C)C(=O)CCC(=O)NCCS(=O)(=O)[O-].CCCN(CCC(=O)NC(C(=O)C[C@@H](CCCCNC(=O)CCOCCOCCOCCOC)C(C)=O)C(C)C)C(=O)CCC(=O)NCCS(=O)(=O)[O-].[Na+].[Na+]. The van der Waals surface area contributed by atoms with Gasteiger partial charge in [0.05, 0.1) is 90.1 Å². The number of hydrogen-bond donors (Lipinski definition) is 9. The van der Waals surface area contributed by atoms with E-state index in [-0.39, 0.29) is 210 Å². The van der Waals surface area contributed by atoms with Gasteiger partial charge in [-0.1, -0.05) is 48.0 Å². The van der Waals surface area contributed by atoms with Crippen LogP contribution in [0.5, 0.6) is 0 Å². The van der Waals surface area contributed by atoms with Crippen molar-refractivity contribution in [3.8, 4) is 0 Å². The summed E-state index contributed by atoms with van der Waals surface area (Å²) < 4.78 is 95.3. The zero-order valence-electron chi connectivity index (χ0n) is 63.5. The number of Topliss-reactive ketones (excluding diaryl/α,β-unsaturated/α-hetero) is 4. The van der Waals surface area contributed by atoms with Gasteiger partial charge in [0.2, 0.25) is 47.3 Å². The number of unbranched alkanes of at least 4 members (excludes halogenated alkanes) is 1. The molecule has 1 rings (SSSR count). The van der Waals surface area contributed by atoms with Crippen LogP contribution in [0.1, 0.15) is 158 Å². The zero-order valence-corrected chi connectivity index (χ0v) is 69.2. The van der Waals surface area contributed by atoms with E-state index >= 15 is 0 Å². The number of hydrogen-bond acceptors (Lipinski definition) is 27. The van der Waals surface area contributed by atoms with Gasteiger partial charge in [0.1, 0.15) is 36.0 Å². The second-order valence-electron chi connectivity index (χ2n) is 25.5. The van der Waals surface area contributed by atoms with Crippen LogP contribution in [0.25, 0.3) is 0 Å². The number of carbonyl (C=O) groups excluding carboxylic acids is 12. The molecule has 9 N–H and O–H groups in total. The zero-order chi connectivity index (χ0) is 78.3. The largest absolute Gasteiger partial charge is 1.00 e. The molecule has 0 aromatic carbocycles. The summed E-state index contributed by atoms with van der Waals surface area (Å²) in [5.41, 5.74) is 0. The molecule has 0 spiro atoms. The Morgan fingerprint density at radius 2 is 0.876 bits per heavy atom. The van der Waals surface area contributed by atoms with Crippen molar-refractivity contribution < 1.29 is 186 Å². The Labute approximate surface area is 662 Å². The van der Waals surface area contributed by atoms with Gasteiger partial charge in [0.15, 0.2) is 17.9 Å². The molecular formula is C66H116N8Na2O27S2. The minimum atomic E-state index is -4.49. The molecule has 596 valence electrons. The van der Waals surface area contributed by atoms with Crippen LogP contribution >= 0.6 is 0 Å². The second-order valence-corrected chi connectivity index (χ2v) is 28.6. The van der Waals surface area contributed by atoms with Crippen molar-refractivity contribution in [1.82, 2.24) is 41.7 Å². The molecule has 0 bridgehead atoms. The summed E-state index contributed by atoms with van der Waals surface area (Å²) in [7, 11) is -6.11. The molecule has 1 fully saturated rings. The molecule has 3 unspecified atom stereocenters. The predicted octanol–water partition coefficient (Wildman–Crippen LogP) is -7.54. The smallest absolute Gasteiger partial charge is 0.748 e. The van der Waals surface area contributed by atoms with Crippen molar-refractivity contribution in [3.05, 3.63) is 0 Å². The van der Waals surface area contributed by atoms with E-state index in [0.717, 1.165) is 0 Å². The fourth-order valence-electron chi connectivity index (χ4n) is 10.2. The van der Waals surface area contributed by atoms with Crippen LogP contribution in [0.4, 0.5) is 0 Å². The van der Waals surface area contributed by atoms with Gasteiger partial charge in [-0.05, 0) is 57.8 Å². The summed E-state index contributed by atoms with van der Waals surface area (Å²) in [4.78, 5) is 154. The number of rotatable bonds is 57. The molecule has 0 radical (unpaired) electrons. The van der Waals surface area contributed by atoms with Crippen LogP contribution in [0.3, 0.4) is 0 Å². The third-order valence-electron chi connectivity index (χ3n) is 16.2. The number of nitrogens with zero attached hydrogens (tertiary/aromatic N) is 2. The first-order valence-electron chi connectivity index (χ1n) is 35.0. The Bertz CT molecular complexity index is 2850. The van der Waals surface area contributed by atoms with Gasteiger partial charge in [-0.3, -0.25) is 57.5 Å². The van der Waals surface area contributed by atoms with Crippen molar-refractivity contribution in [2.45, 2.75) is 201 Å². The first-order chi connectivity index (χ1) is 48.4. The Morgan fingerprint density at radius 1 is 0.476 bits per heavy atom. The van der Waals surface area contributed by atoms with Crippen LogP contribution in [-0.2, 0) is 106 Å². The first kappa shape index (κ1) is 105. The Balaban J connectivity index is -0.00000195. The maximum atomic E-state index is 13.3. The van der Waals surface area contributed by atoms with E-state index in [4.69, 9.17) is 28.4 Å². The van der Waals surface area contributed by atoms with E-state index < -0.39 is 128 Å². The average molecular weight is 1560 g/mol. The van der Waals surface area contributed by atoms with E-state index in [1.54, 1.807) is 34.8 Å². The summed E-state index contributed by atoms with van der Waals surface area (Å²) in [6.07, 6.45) is -5.19. The van der Waals surface area contributed by atoms with Crippen molar-refractivity contribution in [2.75, 3.05) is 124 Å². The monoisotopic (exact) mass is 1560 g/mol. The fourth-order valence-corrected chi connectivity index (χ4v) is 10.9. The van der Waals surface area contributed by atoms with Gasteiger partial charge in [0.25, 0.3) is 0 Å². The van der Waals surface area contributed by atoms with Crippen molar-refractivity contribution in [3.63, 3.8) is 0 Å². The fraction of sp³-hybridized carbons (Fsp3) is 0.818. The number of ether oxygens (including phenoxy) is 6. The van der Waals surface area contributed by atoms with Gasteiger partial charge in [-0.15, -0.1) is 0 Å². The molecule has 0 aliphatic carbocycles. The van der Waals surface area contributed by atoms with Gasteiger partial charge in [-0.25, -0.2) is 16.8 Å². The molecule has 9 atom stereocenters. The van der Waals surface area contributed by atoms with E-state index in [1.165, 1.54) is 30.8 Å². The minimum Gasteiger partial charge on any atom is -0.748 e. The predicted molar refractivity (Wildman–Crippen MR) is 369 cm³/mol. The van der Waals surface area contributed by atoms with E-state index in [9.17, 15) is 98.8 Å².